The fourth-order valence-corrected chi connectivity index (χ4v) is 1.29. The summed E-state index contributed by atoms with van der Waals surface area (Å²) in [5.41, 5.74) is 1.33. The highest BCUT2D eigenvalue weighted by atomic mass is 16.5. The zero-order valence-electron chi connectivity index (χ0n) is 9.86. The number of rotatable bonds is 1. The highest BCUT2D eigenvalue weighted by Crippen LogP contribution is 2.12. The van der Waals surface area contributed by atoms with Crippen LogP contribution in [0.3, 0.4) is 0 Å². The lowest BCUT2D eigenvalue weighted by Gasteiger charge is -2.03. The maximum absolute atomic E-state index is 11.6. The van der Waals surface area contributed by atoms with Crippen molar-refractivity contribution in [1.82, 2.24) is 0 Å². The minimum absolute atomic E-state index is 0.250. The molecule has 1 rings (SSSR count). The Bertz CT molecular complexity index is 553. The van der Waals surface area contributed by atoms with Crippen molar-refractivity contribution >= 4 is 5.97 Å². The first-order valence-corrected chi connectivity index (χ1v) is 5.14. The van der Waals surface area contributed by atoms with Crippen LogP contribution in [0.15, 0.2) is 18.2 Å². The van der Waals surface area contributed by atoms with Gasteiger partial charge in [0.1, 0.15) is 13.2 Å². The molecule has 0 spiro atoms. The summed E-state index contributed by atoms with van der Waals surface area (Å²) in [7, 11) is 1.28. The van der Waals surface area contributed by atoms with E-state index in [1.165, 1.54) is 13.2 Å². The van der Waals surface area contributed by atoms with Crippen molar-refractivity contribution in [3.8, 4) is 23.7 Å². The monoisotopic (exact) mass is 244 g/mol. The highest BCUT2D eigenvalue weighted by molar-refractivity contribution is 5.92. The molecule has 0 bridgehead atoms. The highest BCUT2D eigenvalue weighted by Gasteiger charge is 2.10. The van der Waals surface area contributed by atoms with Crippen LogP contribution < -0.4 is 0 Å². The predicted octanol–water partition coefficient (Wildman–Crippen LogP) is 0.161. The molecule has 0 fully saturated rings. The standard InChI is InChI=1S/C14H12O4/c1-18-14(17)13-10-11(4-2-8-15)6-7-12(13)5-3-9-16/h6-7,10,15-16H,8-9H2,1H3. The topological polar surface area (TPSA) is 66.8 Å². The minimum atomic E-state index is -0.523. The summed E-state index contributed by atoms with van der Waals surface area (Å²) in [6.45, 7) is -0.535. The maximum atomic E-state index is 11.6. The Hall–Kier alpha value is -2.27. The first-order chi connectivity index (χ1) is 8.72. The summed E-state index contributed by atoms with van der Waals surface area (Å²) in [5, 5.41) is 17.3. The van der Waals surface area contributed by atoms with E-state index in [2.05, 4.69) is 28.4 Å². The van der Waals surface area contributed by atoms with Crippen LogP contribution in [0, 0.1) is 23.7 Å². The van der Waals surface area contributed by atoms with Crippen molar-refractivity contribution in [2.24, 2.45) is 0 Å². The summed E-state index contributed by atoms with van der Waals surface area (Å²) >= 11 is 0. The van der Waals surface area contributed by atoms with Crippen LogP contribution in [0.25, 0.3) is 0 Å². The second kappa shape index (κ2) is 7.13. The van der Waals surface area contributed by atoms with Crippen LogP contribution in [0.5, 0.6) is 0 Å². The van der Waals surface area contributed by atoms with Crippen LogP contribution >= 0.6 is 0 Å². The van der Waals surface area contributed by atoms with E-state index in [0.29, 0.717) is 11.1 Å². The van der Waals surface area contributed by atoms with Gasteiger partial charge in [-0.1, -0.05) is 23.7 Å². The largest absolute Gasteiger partial charge is 0.465 e. The SMILES string of the molecule is COC(=O)c1cc(C#CCO)ccc1C#CCO. The second-order valence-electron chi connectivity index (χ2n) is 3.17. The van der Waals surface area contributed by atoms with E-state index in [1.807, 2.05) is 0 Å². The second-order valence-corrected chi connectivity index (χ2v) is 3.17. The van der Waals surface area contributed by atoms with Gasteiger partial charge in [-0.15, -0.1) is 0 Å². The van der Waals surface area contributed by atoms with E-state index in [0.717, 1.165) is 0 Å². The summed E-state index contributed by atoms with van der Waals surface area (Å²) in [6, 6.07) is 4.84. The third-order valence-electron chi connectivity index (χ3n) is 2.04. The quantitative estimate of drug-likeness (QED) is 0.545. The van der Waals surface area contributed by atoms with E-state index >= 15 is 0 Å². The average Bonchev–Trinajstić information content (AvgIpc) is 2.42. The molecule has 0 aromatic heterocycles. The molecule has 0 unspecified atom stereocenters. The van der Waals surface area contributed by atoms with Gasteiger partial charge in [-0.25, -0.2) is 4.79 Å². The number of aliphatic hydroxyl groups excluding tert-OH is 2. The van der Waals surface area contributed by atoms with Crippen LogP contribution in [0.2, 0.25) is 0 Å². The summed E-state index contributed by atoms with van der Waals surface area (Å²) in [5.74, 6) is 9.79. The van der Waals surface area contributed by atoms with Gasteiger partial charge in [0.15, 0.2) is 0 Å². The van der Waals surface area contributed by atoms with Crippen LogP contribution in [-0.2, 0) is 4.74 Å². The third kappa shape index (κ3) is 3.64. The van der Waals surface area contributed by atoms with Gasteiger partial charge in [0, 0.05) is 11.1 Å². The third-order valence-corrected chi connectivity index (χ3v) is 2.04. The number of carbonyl (C=O) groups is 1. The van der Waals surface area contributed by atoms with Gasteiger partial charge in [-0.3, -0.25) is 0 Å². The van der Waals surface area contributed by atoms with Gasteiger partial charge in [-0.05, 0) is 18.2 Å². The molecular weight excluding hydrogens is 232 g/mol. The Morgan fingerprint density at radius 3 is 2.50 bits per heavy atom. The van der Waals surface area contributed by atoms with Gasteiger partial charge in [-0.2, -0.15) is 0 Å². The number of hydrogen-bond acceptors (Lipinski definition) is 4. The molecule has 0 saturated heterocycles. The molecule has 1 aromatic rings. The van der Waals surface area contributed by atoms with Gasteiger partial charge in [0.25, 0.3) is 0 Å². The fourth-order valence-electron chi connectivity index (χ4n) is 1.29. The minimum Gasteiger partial charge on any atom is -0.465 e. The van der Waals surface area contributed by atoms with E-state index in [9.17, 15) is 4.79 Å². The molecule has 0 heterocycles. The number of carbonyl (C=O) groups excluding carboxylic acids is 1. The van der Waals surface area contributed by atoms with Crippen LogP contribution in [0.1, 0.15) is 21.5 Å². The maximum Gasteiger partial charge on any atom is 0.339 e. The van der Waals surface area contributed by atoms with Crippen molar-refractivity contribution in [1.29, 1.82) is 0 Å². The van der Waals surface area contributed by atoms with Crippen molar-refractivity contribution < 1.29 is 19.7 Å². The zero-order chi connectivity index (χ0) is 13.4. The Morgan fingerprint density at radius 2 is 1.89 bits per heavy atom. The normalized spacial score (nSPS) is 8.61. The number of ether oxygens (including phenoxy) is 1. The van der Waals surface area contributed by atoms with Crippen molar-refractivity contribution in [2.75, 3.05) is 20.3 Å². The van der Waals surface area contributed by atoms with Crippen molar-refractivity contribution in [3.05, 3.63) is 34.9 Å². The van der Waals surface area contributed by atoms with E-state index < -0.39 is 5.97 Å². The van der Waals surface area contributed by atoms with Crippen molar-refractivity contribution in [2.45, 2.75) is 0 Å². The Labute approximate surface area is 105 Å². The Morgan fingerprint density at radius 1 is 1.22 bits per heavy atom. The van der Waals surface area contributed by atoms with Crippen LogP contribution in [-0.4, -0.2) is 36.5 Å². The molecule has 0 saturated carbocycles. The van der Waals surface area contributed by atoms with Gasteiger partial charge in [0.05, 0.1) is 12.7 Å². The fraction of sp³-hybridized carbons (Fsp3) is 0.214. The first kappa shape index (κ1) is 13.8. The average molecular weight is 244 g/mol. The zero-order valence-corrected chi connectivity index (χ0v) is 9.86. The number of aliphatic hydroxyl groups is 2. The Balaban J connectivity index is 3.24. The molecule has 0 amide bonds. The van der Waals surface area contributed by atoms with Gasteiger partial charge in [0.2, 0.25) is 0 Å². The number of methoxy groups -OCH3 is 1. The lowest BCUT2D eigenvalue weighted by Crippen LogP contribution is -2.04. The summed E-state index contributed by atoms with van der Waals surface area (Å²) < 4.78 is 4.65. The summed E-state index contributed by atoms with van der Waals surface area (Å²) in [4.78, 5) is 11.6. The van der Waals surface area contributed by atoms with Gasteiger partial charge >= 0.3 is 5.97 Å². The smallest absolute Gasteiger partial charge is 0.339 e. The summed E-state index contributed by atoms with van der Waals surface area (Å²) in [6.07, 6.45) is 0. The molecule has 0 atom stereocenters. The number of hydrogen-bond donors (Lipinski definition) is 2. The lowest BCUT2D eigenvalue weighted by atomic mass is 10.0. The molecule has 92 valence electrons. The number of esters is 1. The van der Waals surface area contributed by atoms with Crippen LogP contribution in [0.4, 0.5) is 0 Å². The molecule has 2 N–H and O–H groups in total. The van der Waals surface area contributed by atoms with E-state index in [1.54, 1.807) is 12.1 Å². The number of benzene rings is 1. The van der Waals surface area contributed by atoms with Crippen molar-refractivity contribution in [3.63, 3.8) is 0 Å². The predicted molar refractivity (Wildman–Crippen MR) is 65.7 cm³/mol. The molecule has 1 aromatic carbocycles. The first-order valence-electron chi connectivity index (χ1n) is 5.14. The molecule has 0 aliphatic rings. The molecule has 4 nitrogen and oxygen atoms in total. The molecule has 0 radical (unpaired) electrons. The van der Waals surface area contributed by atoms with E-state index in [-0.39, 0.29) is 18.8 Å². The van der Waals surface area contributed by atoms with E-state index in [4.69, 9.17) is 10.2 Å². The molecule has 0 aliphatic heterocycles. The van der Waals surface area contributed by atoms with Gasteiger partial charge < -0.3 is 14.9 Å². The Kier molecular flexibility index (Phi) is 5.47. The molecule has 4 heteroatoms. The molecule has 0 aliphatic carbocycles. The molecule has 18 heavy (non-hydrogen) atoms. The molecular formula is C14H12O4. The lowest BCUT2D eigenvalue weighted by molar-refractivity contribution is 0.0600.